The first-order valence-corrected chi connectivity index (χ1v) is 17.4. The van der Waals surface area contributed by atoms with Crippen molar-refractivity contribution in [1.82, 2.24) is 9.80 Å². The molecule has 4 aromatic carbocycles. The van der Waals surface area contributed by atoms with Crippen LogP contribution in [0.3, 0.4) is 0 Å². The summed E-state index contributed by atoms with van der Waals surface area (Å²) < 4.78 is 0. The molecule has 2 aliphatic heterocycles. The van der Waals surface area contributed by atoms with Gasteiger partial charge in [-0.25, -0.2) is 9.98 Å². The van der Waals surface area contributed by atoms with Crippen molar-refractivity contribution in [2.75, 3.05) is 13.1 Å². The number of thioether (sulfide) groups is 2. The Labute approximate surface area is 287 Å². The number of nitrogens with zero attached hydrogens (tertiary/aromatic N) is 8. The number of amidine groups is 2. The standard InChI is InChI=1S/C34H32Cl2N8S2/c1-23-31(41-39-29-17-13-25(35)14-18-29)45-33(37-27-9-5-3-6-10-27)43(23)21-22-44-24(2)32(42-40-30-19-15-26(36)16-20-30)46-34(44)38-28-11-7-4-8-12-28/h3-20,23-24,31-32H,21-22H2,1-2H3. The number of hydrogen-bond acceptors (Lipinski definition) is 8. The van der Waals surface area contributed by atoms with Crippen LogP contribution in [0.2, 0.25) is 10.0 Å². The van der Waals surface area contributed by atoms with Crippen LogP contribution in [0.15, 0.2) is 140 Å². The van der Waals surface area contributed by atoms with Crippen molar-refractivity contribution in [3.05, 3.63) is 119 Å². The van der Waals surface area contributed by atoms with Crippen LogP contribution >= 0.6 is 46.7 Å². The lowest BCUT2D eigenvalue weighted by Crippen LogP contribution is -2.43. The van der Waals surface area contributed by atoms with Gasteiger partial charge >= 0.3 is 0 Å². The van der Waals surface area contributed by atoms with Crippen molar-refractivity contribution in [3.63, 3.8) is 0 Å². The number of aliphatic imine (C=N–C) groups is 2. The van der Waals surface area contributed by atoms with E-state index in [1.807, 2.05) is 109 Å². The van der Waals surface area contributed by atoms with Gasteiger partial charge in [-0.05, 0) is 86.6 Å². The average Bonchev–Trinajstić information content (AvgIpc) is 3.53. The fourth-order valence-electron chi connectivity index (χ4n) is 4.93. The maximum absolute atomic E-state index is 6.06. The summed E-state index contributed by atoms with van der Waals surface area (Å²) in [6.45, 7) is 5.78. The lowest BCUT2D eigenvalue weighted by atomic mass is 10.2. The first-order chi connectivity index (χ1) is 22.4. The summed E-state index contributed by atoms with van der Waals surface area (Å²) in [6.07, 6.45) is 0. The van der Waals surface area contributed by atoms with Crippen LogP contribution in [0.5, 0.6) is 0 Å². The Morgan fingerprint density at radius 1 is 0.522 bits per heavy atom. The van der Waals surface area contributed by atoms with E-state index in [-0.39, 0.29) is 22.8 Å². The van der Waals surface area contributed by atoms with Gasteiger partial charge in [0.05, 0.1) is 34.8 Å². The van der Waals surface area contributed by atoms with E-state index in [9.17, 15) is 0 Å². The Morgan fingerprint density at radius 3 is 1.26 bits per heavy atom. The van der Waals surface area contributed by atoms with Crippen molar-refractivity contribution in [2.24, 2.45) is 30.4 Å². The molecule has 234 valence electrons. The first kappa shape index (κ1) is 32.2. The van der Waals surface area contributed by atoms with Crippen LogP contribution < -0.4 is 0 Å². The molecule has 8 nitrogen and oxygen atoms in total. The Hall–Kier alpha value is -3.70. The molecule has 0 amide bonds. The minimum atomic E-state index is -0.123. The Morgan fingerprint density at radius 2 is 0.891 bits per heavy atom. The van der Waals surface area contributed by atoms with E-state index in [0.717, 1.165) is 33.1 Å². The molecule has 0 spiro atoms. The van der Waals surface area contributed by atoms with Gasteiger partial charge in [-0.15, -0.1) is 0 Å². The molecule has 2 aliphatic rings. The Bertz CT molecular complexity index is 1590. The summed E-state index contributed by atoms with van der Waals surface area (Å²) in [4.78, 5) is 14.7. The topological polar surface area (TPSA) is 80.6 Å². The monoisotopic (exact) mass is 686 g/mol. The molecule has 2 fully saturated rings. The summed E-state index contributed by atoms with van der Waals surface area (Å²) in [5.41, 5.74) is 3.33. The largest absolute Gasteiger partial charge is 0.344 e. The summed E-state index contributed by atoms with van der Waals surface area (Å²) in [7, 11) is 0. The zero-order valence-corrected chi connectivity index (χ0v) is 28.4. The summed E-state index contributed by atoms with van der Waals surface area (Å²) in [5.74, 6) is 0. The number of azo groups is 2. The van der Waals surface area contributed by atoms with Gasteiger partial charge in [-0.2, -0.15) is 20.5 Å². The van der Waals surface area contributed by atoms with E-state index >= 15 is 0 Å². The van der Waals surface area contributed by atoms with Crippen LogP contribution in [-0.4, -0.2) is 56.1 Å². The van der Waals surface area contributed by atoms with Crippen LogP contribution in [-0.2, 0) is 0 Å². The zero-order chi connectivity index (χ0) is 31.9. The van der Waals surface area contributed by atoms with Crippen molar-refractivity contribution in [3.8, 4) is 0 Å². The summed E-state index contributed by atoms with van der Waals surface area (Å²) in [6, 6.07) is 34.9. The fourth-order valence-corrected chi connectivity index (χ4v) is 7.59. The van der Waals surface area contributed by atoms with Gasteiger partial charge in [0.1, 0.15) is 10.7 Å². The molecular formula is C34H32Cl2N8S2. The molecule has 6 rings (SSSR count). The lowest BCUT2D eigenvalue weighted by Gasteiger charge is -2.29. The molecule has 0 aromatic heterocycles. The number of rotatable bonds is 9. The minimum Gasteiger partial charge on any atom is -0.344 e. The molecule has 0 saturated carbocycles. The molecule has 0 bridgehead atoms. The molecule has 2 saturated heterocycles. The molecule has 12 heteroatoms. The Kier molecular flexibility index (Phi) is 10.7. The molecule has 4 unspecified atom stereocenters. The molecule has 4 atom stereocenters. The molecule has 4 aromatic rings. The van der Waals surface area contributed by atoms with Gasteiger partial charge in [0.25, 0.3) is 0 Å². The third kappa shape index (κ3) is 8.17. The van der Waals surface area contributed by atoms with Crippen LogP contribution in [0.4, 0.5) is 22.7 Å². The van der Waals surface area contributed by atoms with Gasteiger partial charge in [-0.3, -0.25) is 0 Å². The van der Waals surface area contributed by atoms with Gasteiger partial charge in [0.15, 0.2) is 10.3 Å². The van der Waals surface area contributed by atoms with Crippen molar-refractivity contribution in [2.45, 2.75) is 36.7 Å². The maximum atomic E-state index is 6.06. The molecule has 2 heterocycles. The summed E-state index contributed by atoms with van der Waals surface area (Å²) in [5, 5.41) is 21.4. The van der Waals surface area contributed by atoms with Crippen LogP contribution in [0.25, 0.3) is 0 Å². The van der Waals surface area contributed by atoms with E-state index < -0.39 is 0 Å². The highest BCUT2D eigenvalue weighted by Gasteiger charge is 2.40. The number of benzene rings is 4. The van der Waals surface area contributed by atoms with Crippen LogP contribution in [0, 0.1) is 0 Å². The highest BCUT2D eigenvalue weighted by atomic mass is 35.5. The third-order valence-electron chi connectivity index (χ3n) is 7.52. The predicted octanol–water partition coefficient (Wildman–Crippen LogP) is 10.8. The smallest absolute Gasteiger partial charge is 0.167 e. The molecule has 0 radical (unpaired) electrons. The van der Waals surface area contributed by atoms with E-state index in [1.165, 1.54) is 0 Å². The first-order valence-electron chi connectivity index (χ1n) is 14.9. The average molecular weight is 688 g/mol. The maximum Gasteiger partial charge on any atom is 0.167 e. The van der Waals surface area contributed by atoms with Gasteiger partial charge < -0.3 is 9.80 Å². The number of para-hydroxylation sites is 2. The van der Waals surface area contributed by atoms with Crippen LogP contribution in [0.1, 0.15) is 13.8 Å². The quantitative estimate of drug-likeness (QED) is 0.164. The summed E-state index contributed by atoms with van der Waals surface area (Å²) >= 11 is 15.4. The van der Waals surface area contributed by atoms with Crippen molar-refractivity contribution >= 4 is 79.8 Å². The second kappa shape index (κ2) is 15.3. The van der Waals surface area contributed by atoms with Gasteiger partial charge in [-0.1, -0.05) is 83.1 Å². The second-order valence-corrected chi connectivity index (χ2v) is 13.8. The molecule has 0 aliphatic carbocycles. The molecular weight excluding hydrogens is 655 g/mol. The van der Waals surface area contributed by atoms with Crippen molar-refractivity contribution in [1.29, 1.82) is 0 Å². The SMILES string of the molecule is CC1C(N=Nc2ccc(Cl)cc2)SC(=Nc2ccccc2)N1CCN1C(=Nc2ccccc2)SC(N=Nc2ccc(Cl)cc2)C1C. The number of halogens is 2. The second-order valence-electron chi connectivity index (χ2n) is 10.7. The molecule has 0 N–H and O–H groups in total. The van der Waals surface area contributed by atoms with E-state index in [1.54, 1.807) is 23.5 Å². The van der Waals surface area contributed by atoms with Crippen molar-refractivity contribution < 1.29 is 0 Å². The fraction of sp³-hybridized carbons (Fsp3) is 0.235. The van der Waals surface area contributed by atoms with E-state index in [0.29, 0.717) is 23.1 Å². The lowest BCUT2D eigenvalue weighted by molar-refractivity contribution is 0.271. The zero-order valence-electron chi connectivity index (χ0n) is 25.3. The third-order valence-corrected chi connectivity index (χ3v) is 10.6. The predicted molar refractivity (Wildman–Crippen MR) is 194 cm³/mol. The molecule has 46 heavy (non-hydrogen) atoms. The van der Waals surface area contributed by atoms with E-state index in [2.05, 4.69) is 33.9 Å². The van der Waals surface area contributed by atoms with E-state index in [4.69, 9.17) is 43.4 Å². The number of hydrogen-bond donors (Lipinski definition) is 0. The van der Waals surface area contributed by atoms with Gasteiger partial charge in [0, 0.05) is 23.1 Å². The normalized spacial score (nSPS) is 23.5. The Balaban J connectivity index is 1.24. The van der Waals surface area contributed by atoms with Gasteiger partial charge in [0.2, 0.25) is 0 Å². The highest BCUT2D eigenvalue weighted by Crippen LogP contribution is 2.38. The highest BCUT2D eigenvalue weighted by molar-refractivity contribution is 8.15. The minimum absolute atomic E-state index is 0.0592.